The number of carbonyl (C=O) groups excluding carboxylic acids is 2. The molecular weight excluding hydrogens is 326 g/mol. The lowest BCUT2D eigenvalue weighted by Gasteiger charge is -2.30. The molecule has 1 atom stereocenters. The predicted molar refractivity (Wildman–Crippen MR) is 101 cm³/mol. The molecule has 2 aliphatic rings. The Bertz CT molecular complexity index is 834. The van der Waals surface area contributed by atoms with E-state index in [0.29, 0.717) is 24.2 Å². The number of amides is 2. The smallest absolute Gasteiger partial charge is 0.258 e. The number of anilines is 1. The summed E-state index contributed by atoms with van der Waals surface area (Å²) in [4.78, 5) is 29.2. The van der Waals surface area contributed by atoms with E-state index in [1.54, 1.807) is 0 Å². The van der Waals surface area contributed by atoms with Gasteiger partial charge in [-0.15, -0.1) is 0 Å². The standard InChI is InChI=1S/C21H23N3O2/c22-18-10-12-23(14-18)20(25)17-8-9-19-16(13-17)7-4-11-24(19)21(26)15-5-2-1-3-6-15/h1-3,5-6,8-9,13,18H,4,7,10-12,14,22H2/t18-/m0/s1. The number of rotatable bonds is 2. The SMILES string of the molecule is N[C@H]1CCN(C(=O)c2ccc3c(c2)CCCN3C(=O)c2ccccc2)C1. The summed E-state index contributed by atoms with van der Waals surface area (Å²) in [6.45, 7) is 2.04. The Balaban J connectivity index is 1.60. The van der Waals surface area contributed by atoms with Gasteiger partial charge in [-0.05, 0) is 55.2 Å². The zero-order valence-corrected chi connectivity index (χ0v) is 14.7. The third-order valence-corrected chi connectivity index (χ3v) is 5.22. The van der Waals surface area contributed by atoms with Crippen molar-refractivity contribution in [2.24, 2.45) is 5.73 Å². The van der Waals surface area contributed by atoms with Crippen molar-refractivity contribution in [3.8, 4) is 0 Å². The van der Waals surface area contributed by atoms with E-state index < -0.39 is 0 Å². The maximum Gasteiger partial charge on any atom is 0.258 e. The molecule has 0 aromatic heterocycles. The van der Waals surface area contributed by atoms with Crippen molar-refractivity contribution in [2.75, 3.05) is 24.5 Å². The number of hydrogen-bond acceptors (Lipinski definition) is 3. The van der Waals surface area contributed by atoms with Gasteiger partial charge in [0.1, 0.15) is 0 Å². The van der Waals surface area contributed by atoms with E-state index in [9.17, 15) is 9.59 Å². The molecule has 2 aromatic carbocycles. The van der Waals surface area contributed by atoms with Crippen LogP contribution in [-0.2, 0) is 6.42 Å². The fourth-order valence-electron chi connectivity index (χ4n) is 3.83. The first-order valence-electron chi connectivity index (χ1n) is 9.18. The largest absolute Gasteiger partial charge is 0.337 e. The summed E-state index contributed by atoms with van der Waals surface area (Å²) in [5, 5.41) is 0. The van der Waals surface area contributed by atoms with Gasteiger partial charge in [0.2, 0.25) is 0 Å². The number of likely N-dealkylation sites (tertiary alicyclic amines) is 1. The van der Waals surface area contributed by atoms with E-state index in [1.165, 1.54) is 0 Å². The molecule has 134 valence electrons. The quantitative estimate of drug-likeness (QED) is 0.906. The molecule has 2 aliphatic heterocycles. The molecular formula is C21H23N3O2. The fourth-order valence-corrected chi connectivity index (χ4v) is 3.83. The van der Waals surface area contributed by atoms with Crippen LogP contribution in [0.3, 0.4) is 0 Å². The number of hydrogen-bond donors (Lipinski definition) is 1. The Morgan fingerprint density at radius 2 is 1.77 bits per heavy atom. The summed E-state index contributed by atoms with van der Waals surface area (Å²) >= 11 is 0. The van der Waals surface area contributed by atoms with Gasteiger partial charge in [0.05, 0.1) is 0 Å². The number of fused-ring (bicyclic) bond motifs is 1. The van der Waals surface area contributed by atoms with Crippen LogP contribution in [0.4, 0.5) is 5.69 Å². The summed E-state index contributed by atoms with van der Waals surface area (Å²) in [7, 11) is 0. The van der Waals surface area contributed by atoms with Crippen LogP contribution >= 0.6 is 0 Å². The van der Waals surface area contributed by atoms with E-state index in [4.69, 9.17) is 5.73 Å². The second kappa shape index (κ2) is 6.92. The van der Waals surface area contributed by atoms with Crippen molar-refractivity contribution in [3.05, 3.63) is 65.2 Å². The highest BCUT2D eigenvalue weighted by Crippen LogP contribution is 2.30. The Morgan fingerprint density at radius 1 is 0.962 bits per heavy atom. The summed E-state index contributed by atoms with van der Waals surface area (Å²) in [5.41, 5.74) is 9.28. The summed E-state index contributed by atoms with van der Waals surface area (Å²) in [6, 6.07) is 15.1. The first kappa shape index (κ1) is 16.8. The third kappa shape index (κ3) is 3.10. The second-order valence-electron chi connectivity index (χ2n) is 7.07. The van der Waals surface area contributed by atoms with Gasteiger partial charge in [0.15, 0.2) is 0 Å². The van der Waals surface area contributed by atoms with Gasteiger partial charge in [-0.1, -0.05) is 18.2 Å². The molecule has 5 heteroatoms. The van der Waals surface area contributed by atoms with Crippen LogP contribution in [0.5, 0.6) is 0 Å². The van der Waals surface area contributed by atoms with Gasteiger partial charge in [0, 0.05) is 42.5 Å². The molecule has 2 N–H and O–H groups in total. The van der Waals surface area contributed by atoms with Crippen molar-refractivity contribution in [2.45, 2.75) is 25.3 Å². The number of carbonyl (C=O) groups is 2. The molecule has 2 aromatic rings. The molecule has 5 nitrogen and oxygen atoms in total. The monoisotopic (exact) mass is 349 g/mol. The third-order valence-electron chi connectivity index (χ3n) is 5.22. The summed E-state index contributed by atoms with van der Waals surface area (Å²) < 4.78 is 0. The highest BCUT2D eigenvalue weighted by atomic mass is 16.2. The molecule has 0 unspecified atom stereocenters. The van der Waals surface area contributed by atoms with E-state index >= 15 is 0 Å². The Labute approximate surface area is 153 Å². The highest BCUT2D eigenvalue weighted by Gasteiger charge is 2.27. The van der Waals surface area contributed by atoms with Crippen molar-refractivity contribution in [3.63, 3.8) is 0 Å². The molecule has 2 heterocycles. The first-order valence-corrected chi connectivity index (χ1v) is 9.18. The fraction of sp³-hybridized carbons (Fsp3) is 0.333. The van der Waals surface area contributed by atoms with E-state index in [1.807, 2.05) is 58.3 Å². The first-order chi connectivity index (χ1) is 12.6. The van der Waals surface area contributed by atoms with Gasteiger partial charge in [-0.3, -0.25) is 9.59 Å². The number of nitrogens with two attached hydrogens (primary N) is 1. The van der Waals surface area contributed by atoms with Gasteiger partial charge >= 0.3 is 0 Å². The van der Waals surface area contributed by atoms with Crippen molar-refractivity contribution < 1.29 is 9.59 Å². The lowest BCUT2D eigenvalue weighted by Crippen LogP contribution is -2.36. The second-order valence-corrected chi connectivity index (χ2v) is 7.07. The van der Waals surface area contributed by atoms with Gasteiger partial charge < -0.3 is 15.5 Å². The molecule has 0 bridgehead atoms. The molecule has 1 saturated heterocycles. The molecule has 26 heavy (non-hydrogen) atoms. The maximum atomic E-state index is 12.9. The van der Waals surface area contributed by atoms with Crippen molar-refractivity contribution in [1.29, 1.82) is 0 Å². The number of benzene rings is 2. The van der Waals surface area contributed by atoms with Crippen LogP contribution < -0.4 is 10.6 Å². The van der Waals surface area contributed by atoms with Crippen LogP contribution in [0, 0.1) is 0 Å². The normalized spacial score (nSPS) is 19.3. The molecule has 1 fully saturated rings. The number of aryl methyl sites for hydroxylation is 1. The average Bonchev–Trinajstić information content (AvgIpc) is 3.13. The Hall–Kier alpha value is -2.66. The van der Waals surface area contributed by atoms with E-state index in [-0.39, 0.29) is 17.9 Å². The molecule has 0 radical (unpaired) electrons. The number of nitrogens with zero attached hydrogens (tertiary/aromatic N) is 2. The minimum Gasteiger partial charge on any atom is -0.337 e. The van der Waals surface area contributed by atoms with E-state index in [2.05, 4.69) is 0 Å². The lowest BCUT2D eigenvalue weighted by atomic mass is 9.98. The van der Waals surface area contributed by atoms with Gasteiger partial charge in [0.25, 0.3) is 11.8 Å². The van der Waals surface area contributed by atoms with Crippen molar-refractivity contribution in [1.82, 2.24) is 4.90 Å². The van der Waals surface area contributed by atoms with Crippen LogP contribution in [0.25, 0.3) is 0 Å². The minimum atomic E-state index is 0.0103. The van der Waals surface area contributed by atoms with E-state index in [0.717, 1.165) is 37.1 Å². The summed E-state index contributed by atoms with van der Waals surface area (Å²) in [5.74, 6) is 0.0448. The Morgan fingerprint density at radius 3 is 2.50 bits per heavy atom. The van der Waals surface area contributed by atoms with Crippen LogP contribution in [0.15, 0.2) is 48.5 Å². The molecule has 0 saturated carbocycles. The molecule has 4 rings (SSSR count). The zero-order valence-electron chi connectivity index (χ0n) is 14.7. The summed E-state index contributed by atoms with van der Waals surface area (Å²) in [6.07, 6.45) is 2.64. The average molecular weight is 349 g/mol. The topological polar surface area (TPSA) is 66.6 Å². The van der Waals surface area contributed by atoms with Crippen LogP contribution in [0.1, 0.15) is 39.1 Å². The van der Waals surface area contributed by atoms with Gasteiger partial charge in [-0.25, -0.2) is 0 Å². The highest BCUT2D eigenvalue weighted by molar-refractivity contribution is 6.07. The lowest BCUT2D eigenvalue weighted by molar-refractivity contribution is 0.0790. The molecule has 0 spiro atoms. The van der Waals surface area contributed by atoms with Gasteiger partial charge in [-0.2, -0.15) is 0 Å². The van der Waals surface area contributed by atoms with Crippen molar-refractivity contribution >= 4 is 17.5 Å². The van der Waals surface area contributed by atoms with Crippen LogP contribution in [0.2, 0.25) is 0 Å². The Kier molecular flexibility index (Phi) is 4.47. The predicted octanol–water partition coefficient (Wildman–Crippen LogP) is 2.45. The maximum absolute atomic E-state index is 12.9. The molecule has 0 aliphatic carbocycles. The zero-order chi connectivity index (χ0) is 18.1. The molecule has 2 amide bonds. The van der Waals surface area contributed by atoms with Crippen LogP contribution in [-0.4, -0.2) is 42.4 Å². The minimum absolute atomic E-state index is 0.0103.